The van der Waals surface area contributed by atoms with Crippen molar-refractivity contribution in [2.24, 2.45) is 0 Å². The van der Waals surface area contributed by atoms with Gasteiger partial charge in [0.05, 0.1) is 6.33 Å². The van der Waals surface area contributed by atoms with Gasteiger partial charge in [0, 0.05) is 6.61 Å². The van der Waals surface area contributed by atoms with Gasteiger partial charge < -0.3 is 4.43 Å². The first-order valence-electron chi connectivity index (χ1n) is 3.64. The molecule has 1 atom stereocenters. The molecule has 1 rings (SSSR count). The molecule has 1 fully saturated rings. The molecule has 0 radical (unpaired) electrons. The summed E-state index contributed by atoms with van der Waals surface area (Å²) in [6.07, 6.45) is 2.98. The van der Waals surface area contributed by atoms with Gasteiger partial charge in [-0.2, -0.15) is 0 Å². The lowest BCUT2D eigenvalue weighted by atomic mass is 10.4. The minimum atomic E-state index is -0.595. The smallest absolute Gasteiger partial charge is 0.173 e. The monoisotopic (exact) mass is 162 g/mol. The van der Waals surface area contributed by atoms with E-state index in [0.29, 0.717) is 0 Å². The van der Waals surface area contributed by atoms with E-state index in [9.17, 15) is 4.39 Å². The van der Waals surface area contributed by atoms with Crippen molar-refractivity contribution in [3.8, 4) is 0 Å². The lowest BCUT2D eigenvalue weighted by Crippen LogP contribution is -2.18. The Labute approximate surface area is 63.6 Å². The first-order valence-corrected chi connectivity index (χ1v) is 6.08. The Kier molecular flexibility index (Phi) is 6.85. The molecule has 10 heavy (non-hydrogen) atoms. The van der Waals surface area contributed by atoms with Gasteiger partial charge in [-0.1, -0.05) is 13.0 Å². The molecule has 0 aromatic heterocycles. The van der Waals surface area contributed by atoms with Crippen molar-refractivity contribution in [3.63, 3.8) is 0 Å². The molecule has 0 aliphatic carbocycles. The Morgan fingerprint density at radius 2 is 2.20 bits per heavy atom. The zero-order chi connectivity index (χ0) is 7.82. The van der Waals surface area contributed by atoms with Gasteiger partial charge in [-0.25, -0.2) is 4.39 Å². The molecule has 1 aliphatic rings. The maximum atomic E-state index is 10.1. The normalized spacial score (nSPS) is 24.4. The van der Waals surface area contributed by atoms with Gasteiger partial charge in [0.2, 0.25) is 0 Å². The fourth-order valence-electron chi connectivity index (χ4n) is 0.902. The largest absolute Gasteiger partial charge is 0.420 e. The highest BCUT2D eigenvalue weighted by molar-refractivity contribution is 6.50. The van der Waals surface area contributed by atoms with Crippen LogP contribution in [0.4, 0.5) is 4.39 Å². The van der Waals surface area contributed by atoms with Gasteiger partial charge >= 0.3 is 0 Å². The summed E-state index contributed by atoms with van der Waals surface area (Å²) in [5, 5.41) is 0. The molecular weight excluding hydrogens is 147 g/mol. The predicted molar refractivity (Wildman–Crippen MR) is 44.3 cm³/mol. The standard InChI is InChI=1S/C5H12OSi.C2H3F/c1-7-5-3-2-4-6-7;1-2-3/h7H,2-5H2,1H3;2H,1H2. The summed E-state index contributed by atoms with van der Waals surface area (Å²) in [5.41, 5.74) is 0. The second-order valence-electron chi connectivity index (χ2n) is 2.33. The second kappa shape index (κ2) is 6.96. The highest BCUT2D eigenvalue weighted by Gasteiger charge is 2.08. The number of hydrogen-bond acceptors (Lipinski definition) is 1. The third kappa shape index (κ3) is 5.97. The Hall–Kier alpha value is -0.153. The third-order valence-electron chi connectivity index (χ3n) is 1.41. The maximum absolute atomic E-state index is 10.1. The molecule has 0 spiro atoms. The van der Waals surface area contributed by atoms with Crippen LogP contribution in [-0.2, 0) is 4.43 Å². The lowest BCUT2D eigenvalue weighted by molar-refractivity contribution is 0.291. The van der Waals surface area contributed by atoms with Crippen molar-refractivity contribution < 1.29 is 8.82 Å². The van der Waals surface area contributed by atoms with Gasteiger partial charge in [0.1, 0.15) is 0 Å². The molecular formula is C7H15FOSi. The van der Waals surface area contributed by atoms with Crippen molar-refractivity contribution >= 4 is 9.04 Å². The number of halogens is 1. The quantitative estimate of drug-likeness (QED) is 0.496. The highest BCUT2D eigenvalue weighted by atomic mass is 28.3. The molecule has 0 aromatic rings. The molecule has 1 saturated heterocycles. The Bertz CT molecular complexity index is 81.7. The third-order valence-corrected chi connectivity index (χ3v) is 3.43. The SMILES string of the molecule is C=CF.C[SiH]1CCCCO1. The zero-order valence-electron chi connectivity index (χ0n) is 6.48. The van der Waals surface area contributed by atoms with Crippen LogP contribution >= 0.6 is 0 Å². The van der Waals surface area contributed by atoms with E-state index in [2.05, 4.69) is 13.1 Å². The predicted octanol–water partition coefficient (Wildman–Crippen LogP) is 2.25. The highest BCUT2D eigenvalue weighted by Crippen LogP contribution is 2.09. The van der Waals surface area contributed by atoms with Crippen LogP contribution < -0.4 is 0 Å². The Morgan fingerprint density at radius 1 is 1.60 bits per heavy atom. The minimum Gasteiger partial charge on any atom is -0.420 e. The van der Waals surface area contributed by atoms with Crippen LogP contribution in [0.15, 0.2) is 12.9 Å². The van der Waals surface area contributed by atoms with Crippen LogP contribution in [0.5, 0.6) is 0 Å². The van der Waals surface area contributed by atoms with Gasteiger partial charge in [-0.05, 0) is 19.0 Å². The summed E-state index contributed by atoms with van der Waals surface area (Å²) in [6, 6.07) is 1.40. The molecule has 1 heterocycles. The molecule has 0 N–H and O–H groups in total. The van der Waals surface area contributed by atoms with Crippen molar-refractivity contribution in [2.75, 3.05) is 6.61 Å². The molecule has 1 nitrogen and oxygen atoms in total. The summed E-state index contributed by atoms with van der Waals surface area (Å²) in [6.45, 7) is 6.02. The van der Waals surface area contributed by atoms with Crippen molar-refractivity contribution in [2.45, 2.75) is 25.4 Å². The van der Waals surface area contributed by atoms with E-state index >= 15 is 0 Å². The molecule has 0 bridgehead atoms. The fraction of sp³-hybridized carbons (Fsp3) is 0.714. The van der Waals surface area contributed by atoms with Crippen molar-refractivity contribution in [1.82, 2.24) is 0 Å². The maximum Gasteiger partial charge on any atom is 0.173 e. The first-order chi connectivity index (χ1) is 4.81. The average molecular weight is 162 g/mol. The minimum absolute atomic E-state index is 0.250. The van der Waals surface area contributed by atoms with Crippen LogP contribution in [0, 0.1) is 0 Å². The second-order valence-corrected chi connectivity index (χ2v) is 4.86. The van der Waals surface area contributed by atoms with Crippen LogP contribution in [-0.4, -0.2) is 15.6 Å². The van der Waals surface area contributed by atoms with Crippen molar-refractivity contribution in [1.29, 1.82) is 0 Å². The topological polar surface area (TPSA) is 9.23 Å². The van der Waals surface area contributed by atoms with Gasteiger partial charge in [0.15, 0.2) is 9.04 Å². The Morgan fingerprint density at radius 3 is 2.40 bits per heavy atom. The first kappa shape index (κ1) is 9.85. The van der Waals surface area contributed by atoms with E-state index in [4.69, 9.17) is 4.43 Å². The van der Waals surface area contributed by atoms with E-state index in [-0.39, 0.29) is 6.33 Å². The molecule has 0 aromatic carbocycles. The summed E-state index contributed by atoms with van der Waals surface area (Å²) < 4.78 is 15.5. The van der Waals surface area contributed by atoms with Gasteiger partial charge in [0.25, 0.3) is 0 Å². The van der Waals surface area contributed by atoms with Crippen LogP contribution in [0.3, 0.4) is 0 Å². The molecule has 0 amide bonds. The lowest BCUT2D eigenvalue weighted by Gasteiger charge is -2.16. The fourth-order valence-corrected chi connectivity index (χ4v) is 2.50. The van der Waals surface area contributed by atoms with Crippen LogP contribution in [0.1, 0.15) is 12.8 Å². The van der Waals surface area contributed by atoms with Gasteiger partial charge in [-0.3, -0.25) is 0 Å². The molecule has 60 valence electrons. The summed E-state index contributed by atoms with van der Waals surface area (Å²) in [7, 11) is -0.595. The van der Waals surface area contributed by atoms with E-state index in [0.717, 1.165) is 6.61 Å². The van der Waals surface area contributed by atoms with Crippen LogP contribution in [0.2, 0.25) is 12.6 Å². The van der Waals surface area contributed by atoms with Gasteiger partial charge in [-0.15, -0.1) is 0 Å². The molecule has 3 heteroatoms. The summed E-state index contributed by atoms with van der Waals surface area (Å²) in [4.78, 5) is 0. The molecule has 1 unspecified atom stereocenters. The molecule has 0 saturated carbocycles. The average Bonchev–Trinajstić information content (AvgIpc) is 1.91. The van der Waals surface area contributed by atoms with Crippen LogP contribution in [0.25, 0.3) is 0 Å². The van der Waals surface area contributed by atoms with E-state index in [1.165, 1.54) is 18.9 Å². The summed E-state index contributed by atoms with van der Waals surface area (Å²) >= 11 is 0. The Balaban J connectivity index is 0.000000236. The van der Waals surface area contributed by atoms with E-state index in [1.54, 1.807) is 0 Å². The van der Waals surface area contributed by atoms with E-state index < -0.39 is 9.04 Å². The number of hydrogen-bond donors (Lipinski definition) is 0. The molecule has 1 aliphatic heterocycles. The van der Waals surface area contributed by atoms with E-state index in [1.807, 2.05) is 0 Å². The summed E-state index contributed by atoms with van der Waals surface area (Å²) in [5.74, 6) is 0. The van der Waals surface area contributed by atoms with Crippen molar-refractivity contribution in [3.05, 3.63) is 12.9 Å². The zero-order valence-corrected chi connectivity index (χ0v) is 7.63. The number of rotatable bonds is 0.